The van der Waals surface area contributed by atoms with E-state index in [0.29, 0.717) is 0 Å². The Balaban J connectivity index is 2.60. The Morgan fingerprint density at radius 2 is 1.82 bits per heavy atom. The zero-order valence-electron chi connectivity index (χ0n) is 12.4. The van der Waals surface area contributed by atoms with Gasteiger partial charge in [-0.2, -0.15) is 0 Å². The van der Waals surface area contributed by atoms with Gasteiger partial charge in [-0.1, -0.05) is 30.3 Å². The molecule has 0 aliphatic carbocycles. The highest BCUT2D eigenvalue weighted by atomic mass is 16.5. The van der Waals surface area contributed by atoms with Crippen LogP contribution in [0.25, 0.3) is 0 Å². The number of nitrogens with zero attached hydrogens (tertiary/aromatic N) is 1. The Morgan fingerprint density at radius 1 is 1.18 bits per heavy atom. The minimum Gasteiger partial charge on any atom is -0.374 e. The first-order valence-electron chi connectivity index (χ1n) is 6.53. The molecule has 8 heteroatoms. The predicted molar refractivity (Wildman–Crippen MR) is 76.7 cm³/mol. The van der Waals surface area contributed by atoms with E-state index in [1.165, 1.54) is 24.5 Å². The van der Waals surface area contributed by atoms with Crippen LogP contribution >= 0.6 is 0 Å². The summed E-state index contributed by atoms with van der Waals surface area (Å²) in [7, 11) is 3.04. The van der Waals surface area contributed by atoms with Crippen LogP contribution in [0, 0.1) is 0 Å². The minimum atomic E-state index is -1.25. The van der Waals surface area contributed by atoms with Crippen molar-refractivity contribution in [1.82, 2.24) is 15.7 Å². The van der Waals surface area contributed by atoms with Gasteiger partial charge in [-0.25, -0.2) is 5.48 Å². The van der Waals surface area contributed by atoms with E-state index < -0.39 is 23.8 Å². The molecular formula is C14H19N3O5. The minimum absolute atomic E-state index is 0.101. The zero-order chi connectivity index (χ0) is 16.5. The molecule has 0 radical (unpaired) electrons. The highest BCUT2D eigenvalue weighted by molar-refractivity contribution is 6.35. The number of carbonyl (C=O) groups excluding carboxylic acids is 3. The van der Waals surface area contributed by atoms with E-state index in [0.717, 1.165) is 5.56 Å². The standard InChI is InChI=1S/C14H19N3O5/c1-17(2)14(20)11(15-12(18)13(19)16-21)9-22-8-10-6-4-3-5-7-10/h3-7,11,21H,8-9H2,1-2H3,(H,15,18)(H,16,19)/t11-/m0/s1. The van der Waals surface area contributed by atoms with Crippen molar-refractivity contribution in [2.45, 2.75) is 12.6 Å². The van der Waals surface area contributed by atoms with Crippen molar-refractivity contribution in [3.8, 4) is 0 Å². The lowest BCUT2D eigenvalue weighted by Gasteiger charge is -2.21. The maximum absolute atomic E-state index is 12.0. The van der Waals surface area contributed by atoms with Crippen molar-refractivity contribution in [3.05, 3.63) is 35.9 Å². The number of rotatable bonds is 6. The molecule has 120 valence electrons. The summed E-state index contributed by atoms with van der Waals surface area (Å²) in [5, 5.41) is 10.6. The molecule has 8 nitrogen and oxygen atoms in total. The fourth-order valence-electron chi connectivity index (χ4n) is 1.63. The van der Waals surface area contributed by atoms with Crippen LogP contribution < -0.4 is 10.8 Å². The highest BCUT2D eigenvalue weighted by Gasteiger charge is 2.25. The number of hydrogen-bond donors (Lipinski definition) is 3. The van der Waals surface area contributed by atoms with Gasteiger partial charge in [0, 0.05) is 14.1 Å². The molecular weight excluding hydrogens is 290 g/mol. The first-order chi connectivity index (χ1) is 10.5. The molecule has 0 fully saturated rings. The number of ether oxygens (including phenoxy) is 1. The van der Waals surface area contributed by atoms with E-state index in [9.17, 15) is 14.4 Å². The van der Waals surface area contributed by atoms with Crippen molar-refractivity contribution in [3.63, 3.8) is 0 Å². The molecule has 1 aromatic carbocycles. The van der Waals surface area contributed by atoms with Crippen molar-refractivity contribution in [2.24, 2.45) is 0 Å². The largest absolute Gasteiger partial charge is 0.374 e. The number of hydrogen-bond acceptors (Lipinski definition) is 5. The summed E-state index contributed by atoms with van der Waals surface area (Å²) in [5.74, 6) is -2.79. The molecule has 1 rings (SSSR count). The molecule has 22 heavy (non-hydrogen) atoms. The predicted octanol–water partition coefficient (Wildman–Crippen LogP) is -0.718. The summed E-state index contributed by atoms with van der Waals surface area (Å²) in [4.78, 5) is 35.7. The number of carbonyl (C=O) groups is 3. The number of likely N-dealkylation sites (N-methyl/N-ethyl adjacent to an activating group) is 1. The summed E-state index contributed by atoms with van der Waals surface area (Å²) >= 11 is 0. The third-order valence-corrected chi connectivity index (χ3v) is 2.75. The normalized spacial score (nSPS) is 11.4. The van der Waals surface area contributed by atoms with Gasteiger partial charge < -0.3 is 15.0 Å². The van der Waals surface area contributed by atoms with Crippen LogP contribution in [0.1, 0.15) is 5.56 Å². The average Bonchev–Trinajstić information content (AvgIpc) is 2.53. The molecule has 0 aliphatic rings. The summed E-state index contributed by atoms with van der Waals surface area (Å²) in [6.45, 7) is 0.163. The Morgan fingerprint density at radius 3 is 2.36 bits per heavy atom. The Hall–Kier alpha value is -2.45. The van der Waals surface area contributed by atoms with Gasteiger partial charge in [-0.3, -0.25) is 19.6 Å². The Labute approximate surface area is 128 Å². The van der Waals surface area contributed by atoms with Crippen molar-refractivity contribution < 1.29 is 24.3 Å². The van der Waals surface area contributed by atoms with E-state index in [4.69, 9.17) is 9.94 Å². The number of hydroxylamine groups is 1. The fourth-order valence-corrected chi connectivity index (χ4v) is 1.63. The second-order valence-corrected chi connectivity index (χ2v) is 4.70. The lowest BCUT2D eigenvalue weighted by molar-refractivity contribution is -0.146. The van der Waals surface area contributed by atoms with Crippen LogP contribution in [0.4, 0.5) is 0 Å². The van der Waals surface area contributed by atoms with E-state index in [2.05, 4.69) is 5.32 Å². The fraction of sp³-hybridized carbons (Fsp3) is 0.357. The first kappa shape index (κ1) is 17.6. The monoisotopic (exact) mass is 309 g/mol. The molecule has 0 saturated heterocycles. The lowest BCUT2D eigenvalue weighted by atomic mass is 10.2. The van der Waals surface area contributed by atoms with Crippen LogP contribution in [0.2, 0.25) is 0 Å². The van der Waals surface area contributed by atoms with Gasteiger partial charge in [0.05, 0.1) is 13.2 Å². The summed E-state index contributed by atoms with van der Waals surface area (Å²) < 4.78 is 5.41. The Bertz CT molecular complexity index is 518. The third-order valence-electron chi connectivity index (χ3n) is 2.75. The van der Waals surface area contributed by atoms with E-state index in [-0.39, 0.29) is 13.2 Å². The van der Waals surface area contributed by atoms with E-state index in [1.807, 2.05) is 30.3 Å². The van der Waals surface area contributed by atoms with Crippen LogP contribution in [-0.2, 0) is 25.7 Å². The quantitative estimate of drug-likeness (QED) is 0.365. The van der Waals surface area contributed by atoms with Gasteiger partial charge >= 0.3 is 11.8 Å². The number of benzene rings is 1. The van der Waals surface area contributed by atoms with Crippen LogP contribution in [0.5, 0.6) is 0 Å². The highest BCUT2D eigenvalue weighted by Crippen LogP contribution is 2.02. The maximum atomic E-state index is 12.0. The molecule has 0 heterocycles. The smallest absolute Gasteiger partial charge is 0.332 e. The summed E-state index contributed by atoms with van der Waals surface area (Å²) in [5.41, 5.74) is 2.12. The van der Waals surface area contributed by atoms with Crippen molar-refractivity contribution in [2.75, 3.05) is 20.7 Å². The van der Waals surface area contributed by atoms with Crippen LogP contribution in [0.3, 0.4) is 0 Å². The van der Waals surface area contributed by atoms with E-state index >= 15 is 0 Å². The second kappa shape index (κ2) is 8.75. The van der Waals surface area contributed by atoms with Gasteiger partial charge in [0.1, 0.15) is 6.04 Å². The summed E-state index contributed by atoms with van der Waals surface area (Å²) in [6, 6.07) is 8.28. The molecule has 0 unspecified atom stereocenters. The molecule has 0 spiro atoms. The first-order valence-corrected chi connectivity index (χ1v) is 6.53. The average molecular weight is 309 g/mol. The lowest BCUT2D eigenvalue weighted by Crippen LogP contribution is -2.52. The number of amides is 3. The zero-order valence-corrected chi connectivity index (χ0v) is 12.4. The summed E-state index contributed by atoms with van der Waals surface area (Å²) in [6.07, 6.45) is 0. The maximum Gasteiger partial charge on any atom is 0.332 e. The molecule has 1 aromatic rings. The van der Waals surface area contributed by atoms with Gasteiger partial charge in [-0.15, -0.1) is 0 Å². The SMILES string of the molecule is CN(C)C(=O)[C@H](COCc1ccccc1)NC(=O)C(=O)NO. The molecule has 1 atom stereocenters. The molecule has 0 bridgehead atoms. The van der Waals surface area contributed by atoms with Gasteiger partial charge in [0.2, 0.25) is 5.91 Å². The van der Waals surface area contributed by atoms with Gasteiger partial charge in [0.25, 0.3) is 0 Å². The topological polar surface area (TPSA) is 108 Å². The molecule has 3 N–H and O–H groups in total. The second-order valence-electron chi connectivity index (χ2n) is 4.70. The number of nitrogens with one attached hydrogen (secondary N) is 2. The Kier molecular flexibility index (Phi) is 7.00. The van der Waals surface area contributed by atoms with Gasteiger partial charge in [0.15, 0.2) is 0 Å². The molecule has 0 saturated carbocycles. The van der Waals surface area contributed by atoms with Crippen LogP contribution in [-0.4, -0.2) is 54.6 Å². The molecule has 0 aliphatic heterocycles. The van der Waals surface area contributed by atoms with Crippen molar-refractivity contribution >= 4 is 17.7 Å². The van der Waals surface area contributed by atoms with Gasteiger partial charge in [-0.05, 0) is 5.56 Å². The third kappa shape index (κ3) is 5.51. The van der Waals surface area contributed by atoms with Crippen LogP contribution in [0.15, 0.2) is 30.3 Å². The van der Waals surface area contributed by atoms with E-state index in [1.54, 1.807) is 0 Å². The molecule has 0 aromatic heterocycles. The van der Waals surface area contributed by atoms with Crippen molar-refractivity contribution in [1.29, 1.82) is 0 Å². The molecule has 3 amide bonds.